The van der Waals surface area contributed by atoms with Crippen LogP contribution < -0.4 is 33.0 Å². The van der Waals surface area contributed by atoms with Gasteiger partial charge in [-0.3, -0.25) is 4.79 Å². The lowest BCUT2D eigenvalue weighted by Gasteiger charge is -2.24. The van der Waals surface area contributed by atoms with E-state index in [0.29, 0.717) is 47.5 Å². The van der Waals surface area contributed by atoms with Gasteiger partial charge in [0.1, 0.15) is 6.54 Å². The van der Waals surface area contributed by atoms with E-state index in [1.807, 2.05) is 71.2 Å². The number of carbonyl (C=O) groups is 2. The smallest absolute Gasteiger partial charge is 0.419 e. The van der Waals surface area contributed by atoms with Gasteiger partial charge in [0.05, 0.1) is 40.1 Å². The lowest BCUT2D eigenvalue weighted by Crippen LogP contribution is -2.41. The SMILES string of the molecule is COc1cc(C2SCC(c3cc(OC)c(OC(C)OC(=O)N(CCC[n+]4ccccc4)C(C)=O)c(OC)c3)S2)cc(OC)c1OC. The molecule has 1 fully saturated rings. The Bertz CT molecular complexity index is 1440. The molecule has 2 heterocycles. The van der Waals surface area contributed by atoms with E-state index in [1.54, 1.807) is 54.2 Å². The molecule has 2 aromatic carbocycles. The van der Waals surface area contributed by atoms with Crippen LogP contribution >= 0.6 is 23.5 Å². The third-order valence-electron chi connectivity index (χ3n) is 7.23. The summed E-state index contributed by atoms with van der Waals surface area (Å²) in [5, 5.41) is 0.124. The summed E-state index contributed by atoms with van der Waals surface area (Å²) in [6.07, 6.45) is 2.60. The molecule has 0 bridgehead atoms. The average Bonchev–Trinajstić information content (AvgIpc) is 3.56. The van der Waals surface area contributed by atoms with E-state index in [0.717, 1.165) is 21.8 Å². The van der Waals surface area contributed by atoms with Gasteiger partial charge in [0, 0.05) is 49.9 Å². The molecule has 3 aromatic rings. The highest BCUT2D eigenvalue weighted by atomic mass is 32.2. The highest BCUT2D eigenvalue weighted by Crippen LogP contribution is 2.58. The van der Waals surface area contributed by atoms with E-state index in [2.05, 4.69) is 0 Å². The molecule has 0 aliphatic carbocycles. The highest BCUT2D eigenvalue weighted by Gasteiger charge is 2.32. The van der Waals surface area contributed by atoms with E-state index >= 15 is 0 Å². The number of ether oxygens (including phenoxy) is 7. The number of thioether (sulfide) groups is 2. The Hall–Kier alpha value is -3.97. The van der Waals surface area contributed by atoms with Crippen molar-refractivity contribution in [2.75, 3.05) is 47.8 Å². The lowest BCUT2D eigenvalue weighted by atomic mass is 10.1. The predicted molar refractivity (Wildman–Crippen MR) is 176 cm³/mol. The van der Waals surface area contributed by atoms with E-state index < -0.39 is 18.3 Å². The standard InChI is InChI=1S/C33H41N2O9S2/c1-21(36)35(15-11-14-34-12-9-8-10-13-34)33(37)44-22(2)43-31-27(40-5)16-23(17-28(31)41-6)29-20-45-32(46-29)24-18-25(38-3)30(42-7)26(19-24)39-4/h8-10,12-13,16-19,22,29,32H,11,14-15,20H2,1-7H3/q+1. The van der Waals surface area contributed by atoms with Crippen LogP contribution in [0, 0.1) is 0 Å². The molecule has 0 N–H and O–H groups in total. The number of aromatic nitrogens is 1. The molecule has 1 aliphatic rings. The molecule has 248 valence electrons. The summed E-state index contributed by atoms with van der Waals surface area (Å²) >= 11 is 3.61. The van der Waals surface area contributed by atoms with Crippen LogP contribution in [-0.4, -0.2) is 71.0 Å². The zero-order chi connectivity index (χ0) is 33.2. The Kier molecular flexibility index (Phi) is 12.6. The topological polar surface area (TPSA) is 106 Å². The van der Waals surface area contributed by atoms with Crippen molar-refractivity contribution in [1.29, 1.82) is 0 Å². The van der Waals surface area contributed by atoms with Crippen LogP contribution in [0.3, 0.4) is 0 Å². The minimum atomic E-state index is -1.03. The molecule has 4 rings (SSSR count). The summed E-state index contributed by atoms with van der Waals surface area (Å²) in [6.45, 7) is 3.76. The first-order valence-corrected chi connectivity index (χ1v) is 16.6. The summed E-state index contributed by atoms with van der Waals surface area (Å²) in [5.41, 5.74) is 2.05. The third-order valence-corrected chi connectivity index (χ3v) is 10.6. The van der Waals surface area contributed by atoms with Crippen molar-refractivity contribution in [3.05, 3.63) is 66.0 Å². The summed E-state index contributed by atoms with van der Waals surface area (Å²) in [6, 6.07) is 13.5. The normalized spacial score (nSPS) is 16.2. The first kappa shape index (κ1) is 34.9. The Morgan fingerprint density at radius 3 is 1.96 bits per heavy atom. The molecule has 11 nitrogen and oxygen atoms in total. The van der Waals surface area contributed by atoms with Gasteiger partial charge in [0.15, 0.2) is 35.4 Å². The zero-order valence-electron chi connectivity index (χ0n) is 27.1. The van der Waals surface area contributed by atoms with Gasteiger partial charge < -0.3 is 33.2 Å². The fraction of sp³-hybridized carbons (Fsp3) is 0.424. The molecule has 1 aromatic heterocycles. The van der Waals surface area contributed by atoms with Crippen molar-refractivity contribution >= 4 is 35.5 Å². The Labute approximate surface area is 278 Å². The number of pyridine rings is 1. The number of methoxy groups -OCH3 is 5. The molecular weight excluding hydrogens is 633 g/mol. The maximum Gasteiger partial charge on any atom is 0.419 e. The van der Waals surface area contributed by atoms with Crippen molar-refractivity contribution in [3.63, 3.8) is 0 Å². The van der Waals surface area contributed by atoms with Crippen molar-refractivity contribution in [2.45, 2.75) is 42.9 Å². The first-order valence-electron chi connectivity index (χ1n) is 14.6. The molecule has 3 atom stereocenters. The van der Waals surface area contributed by atoms with Gasteiger partial charge in [-0.25, -0.2) is 14.3 Å². The molecule has 0 spiro atoms. The number of hydrogen-bond acceptors (Lipinski definition) is 11. The fourth-order valence-electron chi connectivity index (χ4n) is 4.96. The minimum Gasteiger partial charge on any atom is -0.493 e. The van der Waals surface area contributed by atoms with Crippen LogP contribution in [-0.2, 0) is 16.1 Å². The number of carbonyl (C=O) groups excluding carboxylic acids is 2. The summed E-state index contributed by atoms with van der Waals surface area (Å²) in [7, 11) is 7.88. The van der Waals surface area contributed by atoms with Crippen molar-refractivity contribution in [3.8, 4) is 34.5 Å². The summed E-state index contributed by atoms with van der Waals surface area (Å²) < 4.78 is 41.6. The van der Waals surface area contributed by atoms with Gasteiger partial charge in [-0.1, -0.05) is 6.07 Å². The molecule has 1 aliphatic heterocycles. The quantitative estimate of drug-likeness (QED) is 0.148. The second kappa shape index (κ2) is 16.5. The van der Waals surface area contributed by atoms with Crippen LogP contribution in [0.25, 0.3) is 0 Å². The molecule has 3 unspecified atom stereocenters. The fourth-order valence-corrected chi connectivity index (χ4v) is 8.22. The zero-order valence-corrected chi connectivity index (χ0v) is 28.8. The third kappa shape index (κ3) is 8.43. The van der Waals surface area contributed by atoms with Crippen LogP contribution in [0.4, 0.5) is 4.79 Å². The number of hydrogen-bond donors (Lipinski definition) is 0. The van der Waals surface area contributed by atoms with E-state index in [1.165, 1.54) is 6.92 Å². The summed E-state index contributed by atoms with van der Waals surface area (Å²) in [4.78, 5) is 26.3. The molecule has 0 radical (unpaired) electrons. The molecule has 1 saturated heterocycles. The Morgan fingerprint density at radius 1 is 0.848 bits per heavy atom. The number of aryl methyl sites for hydroxylation is 1. The van der Waals surface area contributed by atoms with E-state index in [-0.39, 0.29) is 16.4 Å². The van der Waals surface area contributed by atoms with Crippen molar-refractivity contribution < 1.29 is 47.3 Å². The molecule has 46 heavy (non-hydrogen) atoms. The van der Waals surface area contributed by atoms with Crippen molar-refractivity contribution in [2.24, 2.45) is 0 Å². The number of benzene rings is 2. The number of amides is 2. The van der Waals surface area contributed by atoms with E-state index in [4.69, 9.17) is 33.2 Å². The molecular formula is C33H41N2O9S2+. The molecule has 2 amide bonds. The Balaban J connectivity index is 1.44. The van der Waals surface area contributed by atoms with Gasteiger partial charge in [0.2, 0.25) is 23.7 Å². The first-order chi connectivity index (χ1) is 22.2. The van der Waals surface area contributed by atoms with Crippen LogP contribution in [0.1, 0.15) is 41.2 Å². The van der Waals surface area contributed by atoms with Gasteiger partial charge in [-0.15, -0.1) is 23.5 Å². The van der Waals surface area contributed by atoms with Crippen LogP contribution in [0.5, 0.6) is 34.5 Å². The average molecular weight is 674 g/mol. The largest absolute Gasteiger partial charge is 0.493 e. The molecule has 0 saturated carbocycles. The van der Waals surface area contributed by atoms with Crippen LogP contribution in [0.2, 0.25) is 0 Å². The van der Waals surface area contributed by atoms with Crippen molar-refractivity contribution in [1.82, 2.24) is 4.90 Å². The predicted octanol–water partition coefficient (Wildman–Crippen LogP) is 6.04. The lowest BCUT2D eigenvalue weighted by molar-refractivity contribution is -0.697. The second-order valence-corrected chi connectivity index (χ2v) is 13.0. The van der Waals surface area contributed by atoms with Gasteiger partial charge in [-0.2, -0.15) is 0 Å². The minimum absolute atomic E-state index is 0.124. The van der Waals surface area contributed by atoms with Crippen LogP contribution in [0.15, 0.2) is 54.9 Å². The number of rotatable bonds is 14. The Morgan fingerprint density at radius 2 is 1.41 bits per heavy atom. The summed E-state index contributed by atoms with van der Waals surface area (Å²) in [5.74, 6) is 3.37. The number of nitrogens with zero attached hydrogens (tertiary/aromatic N) is 2. The maximum atomic E-state index is 12.9. The molecule has 13 heteroatoms. The van der Waals surface area contributed by atoms with E-state index in [9.17, 15) is 9.59 Å². The number of imide groups is 1. The van der Waals surface area contributed by atoms with Gasteiger partial charge >= 0.3 is 6.09 Å². The second-order valence-electron chi connectivity index (χ2n) is 10.2. The highest BCUT2D eigenvalue weighted by molar-refractivity contribution is 8.19. The van der Waals surface area contributed by atoms with Gasteiger partial charge in [0.25, 0.3) is 0 Å². The maximum absolute atomic E-state index is 12.9. The monoisotopic (exact) mass is 673 g/mol. The van der Waals surface area contributed by atoms with Gasteiger partial charge in [-0.05, 0) is 35.4 Å².